The number of hydrogen-bond acceptors (Lipinski definition) is 4. The van der Waals surface area contributed by atoms with E-state index in [1.807, 2.05) is 54.6 Å². The number of benzene rings is 3. The van der Waals surface area contributed by atoms with Gasteiger partial charge in [-0.05, 0) is 46.7 Å². The summed E-state index contributed by atoms with van der Waals surface area (Å²) in [5, 5.41) is 5.11. The van der Waals surface area contributed by atoms with Gasteiger partial charge in [0.15, 0.2) is 11.5 Å². The fourth-order valence-corrected chi connectivity index (χ4v) is 2.85. The lowest BCUT2D eigenvalue weighted by molar-refractivity contribution is -0.116. The molecular weight excluding hydrogens is 342 g/mol. The highest BCUT2D eigenvalue weighted by Gasteiger charge is 2.12. The van der Waals surface area contributed by atoms with E-state index in [1.54, 1.807) is 6.08 Å². The topological polar surface area (TPSA) is 56.8 Å². The first-order valence-corrected chi connectivity index (χ1v) is 8.75. The average molecular weight is 361 g/mol. The van der Waals surface area contributed by atoms with Crippen LogP contribution in [0.3, 0.4) is 0 Å². The fraction of sp³-hybridized carbons (Fsp3) is 0.136. The Morgan fingerprint density at radius 3 is 2.78 bits per heavy atom. The summed E-state index contributed by atoms with van der Waals surface area (Å²) in [7, 11) is 0. The van der Waals surface area contributed by atoms with E-state index < -0.39 is 0 Å². The molecule has 1 aliphatic rings. The average Bonchev–Trinajstić information content (AvgIpc) is 3.17. The third kappa shape index (κ3) is 4.20. The first kappa shape index (κ1) is 17.0. The molecule has 1 amide bonds. The lowest BCUT2D eigenvalue weighted by Crippen LogP contribution is -2.26. The van der Waals surface area contributed by atoms with Crippen LogP contribution in [0.25, 0.3) is 16.8 Å². The molecule has 136 valence electrons. The highest BCUT2D eigenvalue weighted by molar-refractivity contribution is 5.91. The highest BCUT2D eigenvalue weighted by atomic mass is 16.7. The second kappa shape index (κ2) is 7.83. The van der Waals surface area contributed by atoms with Crippen molar-refractivity contribution in [3.8, 4) is 17.2 Å². The zero-order chi connectivity index (χ0) is 18.5. The molecule has 0 bridgehead atoms. The molecule has 0 aromatic heterocycles. The number of amides is 1. The van der Waals surface area contributed by atoms with E-state index in [0.29, 0.717) is 18.9 Å². The number of rotatable bonds is 6. The number of nitrogens with one attached hydrogen (secondary N) is 1. The van der Waals surface area contributed by atoms with Crippen molar-refractivity contribution in [3.05, 3.63) is 72.3 Å². The standard InChI is InChI=1S/C22H19NO4/c24-22(10-6-16-5-9-20-21(13-16)27-15-26-20)23-11-12-25-19-8-7-17-3-1-2-4-18(17)14-19/h1-10,13-14H,11-12,15H2,(H,23,24)/b10-6+. The molecule has 0 saturated carbocycles. The van der Waals surface area contributed by atoms with Crippen molar-refractivity contribution in [2.24, 2.45) is 0 Å². The molecule has 0 radical (unpaired) electrons. The molecule has 0 spiro atoms. The molecule has 4 rings (SSSR count). The minimum Gasteiger partial charge on any atom is -0.492 e. The van der Waals surface area contributed by atoms with Crippen LogP contribution in [0, 0.1) is 0 Å². The van der Waals surface area contributed by atoms with Gasteiger partial charge in [0.25, 0.3) is 0 Å². The molecule has 0 fully saturated rings. The maximum absolute atomic E-state index is 11.9. The molecule has 0 saturated heterocycles. The number of carbonyl (C=O) groups excluding carboxylic acids is 1. The maximum atomic E-state index is 11.9. The number of hydrogen-bond donors (Lipinski definition) is 1. The molecule has 0 unspecified atom stereocenters. The van der Waals surface area contributed by atoms with Gasteiger partial charge in [-0.15, -0.1) is 0 Å². The summed E-state index contributed by atoms with van der Waals surface area (Å²) >= 11 is 0. The molecule has 3 aromatic rings. The normalized spacial score (nSPS) is 12.4. The predicted octanol–water partition coefficient (Wildman–Crippen LogP) is 3.78. The second-order valence-electron chi connectivity index (χ2n) is 6.09. The number of fused-ring (bicyclic) bond motifs is 2. The molecule has 3 aromatic carbocycles. The van der Waals surface area contributed by atoms with Gasteiger partial charge in [-0.2, -0.15) is 0 Å². The summed E-state index contributed by atoms with van der Waals surface area (Å²) in [5.41, 5.74) is 0.877. The van der Waals surface area contributed by atoms with Gasteiger partial charge in [-0.3, -0.25) is 4.79 Å². The fourth-order valence-electron chi connectivity index (χ4n) is 2.85. The predicted molar refractivity (Wildman–Crippen MR) is 104 cm³/mol. The van der Waals surface area contributed by atoms with Gasteiger partial charge in [0.05, 0.1) is 6.54 Å². The van der Waals surface area contributed by atoms with Crippen LogP contribution in [-0.2, 0) is 4.79 Å². The first-order chi connectivity index (χ1) is 13.3. The Balaban J connectivity index is 1.24. The monoisotopic (exact) mass is 361 g/mol. The molecule has 1 aliphatic heterocycles. The van der Waals surface area contributed by atoms with Crippen LogP contribution in [-0.4, -0.2) is 25.9 Å². The number of ether oxygens (including phenoxy) is 3. The van der Waals surface area contributed by atoms with E-state index in [4.69, 9.17) is 14.2 Å². The molecule has 5 heteroatoms. The highest BCUT2D eigenvalue weighted by Crippen LogP contribution is 2.32. The molecule has 1 heterocycles. The van der Waals surface area contributed by atoms with Crippen molar-refractivity contribution >= 4 is 22.8 Å². The van der Waals surface area contributed by atoms with Gasteiger partial charge in [-0.1, -0.05) is 36.4 Å². The summed E-state index contributed by atoms with van der Waals surface area (Å²) in [6.45, 7) is 1.07. The van der Waals surface area contributed by atoms with Gasteiger partial charge in [0.1, 0.15) is 12.4 Å². The van der Waals surface area contributed by atoms with E-state index >= 15 is 0 Å². The van der Waals surface area contributed by atoms with Crippen molar-refractivity contribution in [2.45, 2.75) is 0 Å². The third-order valence-electron chi connectivity index (χ3n) is 4.21. The van der Waals surface area contributed by atoms with Crippen LogP contribution in [0.5, 0.6) is 17.2 Å². The smallest absolute Gasteiger partial charge is 0.244 e. The molecular formula is C22H19NO4. The zero-order valence-corrected chi connectivity index (χ0v) is 14.7. The van der Waals surface area contributed by atoms with E-state index in [0.717, 1.165) is 22.4 Å². The lowest BCUT2D eigenvalue weighted by Gasteiger charge is -2.07. The van der Waals surface area contributed by atoms with Crippen molar-refractivity contribution in [2.75, 3.05) is 19.9 Å². The summed E-state index contributed by atoms with van der Waals surface area (Å²) in [6, 6.07) is 19.6. The Kier molecular flexibility index (Phi) is 4.92. The van der Waals surface area contributed by atoms with Crippen LogP contribution >= 0.6 is 0 Å². The van der Waals surface area contributed by atoms with Crippen molar-refractivity contribution in [3.63, 3.8) is 0 Å². The summed E-state index contributed by atoms with van der Waals surface area (Å²) in [4.78, 5) is 11.9. The molecule has 5 nitrogen and oxygen atoms in total. The van der Waals surface area contributed by atoms with Crippen LogP contribution < -0.4 is 19.5 Å². The SMILES string of the molecule is O=C(/C=C/c1ccc2c(c1)OCO2)NCCOc1ccc2ccccc2c1. The summed E-state index contributed by atoms with van der Waals surface area (Å²) in [5.74, 6) is 2.04. The number of carbonyl (C=O) groups is 1. The third-order valence-corrected chi connectivity index (χ3v) is 4.21. The van der Waals surface area contributed by atoms with E-state index in [-0.39, 0.29) is 12.7 Å². The second-order valence-corrected chi connectivity index (χ2v) is 6.09. The lowest BCUT2D eigenvalue weighted by atomic mass is 10.1. The van der Waals surface area contributed by atoms with Gasteiger partial charge in [0.2, 0.25) is 12.7 Å². The minimum atomic E-state index is -0.172. The van der Waals surface area contributed by atoms with Gasteiger partial charge in [0, 0.05) is 6.08 Å². The summed E-state index contributed by atoms with van der Waals surface area (Å²) in [6.07, 6.45) is 3.23. The van der Waals surface area contributed by atoms with Crippen molar-refractivity contribution < 1.29 is 19.0 Å². The van der Waals surface area contributed by atoms with E-state index in [9.17, 15) is 4.79 Å². The molecule has 0 atom stereocenters. The van der Waals surface area contributed by atoms with Crippen molar-refractivity contribution in [1.82, 2.24) is 5.32 Å². The van der Waals surface area contributed by atoms with Crippen LogP contribution in [0.1, 0.15) is 5.56 Å². The first-order valence-electron chi connectivity index (χ1n) is 8.75. The van der Waals surface area contributed by atoms with Gasteiger partial charge >= 0.3 is 0 Å². The Bertz CT molecular complexity index is 997. The van der Waals surface area contributed by atoms with Gasteiger partial charge < -0.3 is 19.5 Å². The summed E-state index contributed by atoms with van der Waals surface area (Å²) < 4.78 is 16.3. The van der Waals surface area contributed by atoms with E-state index in [1.165, 1.54) is 11.5 Å². The van der Waals surface area contributed by atoms with Crippen LogP contribution in [0.4, 0.5) is 0 Å². The largest absolute Gasteiger partial charge is 0.492 e. The Labute approximate surface area is 157 Å². The molecule has 27 heavy (non-hydrogen) atoms. The molecule has 0 aliphatic carbocycles. The Morgan fingerprint density at radius 1 is 1.00 bits per heavy atom. The van der Waals surface area contributed by atoms with Crippen molar-refractivity contribution in [1.29, 1.82) is 0 Å². The van der Waals surface area contributed by atoms with Crippen LogP contribution in [0.2, 0.25) is 0 Å². The minimum absolute atomic E-state index is 0.172. The quantitative estimate of drug-likeness (QED) is 0.536. The zero-order valence-electron chi connectivity index (χ0n) is 14.7. The van der Waals surface area contributed by atoms with Crippen LogP contribution in [0.15, 0.2) is 66.7 Å². The molecule has 1 N–H and O–H groups in total. The maximum Gasteiger partial charge on any atom is 0.244 e. The van der Waals surface area contributed by atoms with E-state index in [2.05, 4.69) is 11.4 Å². The Morgan fingerprint density at radius 2 is 1.85 bits per heavy atom. The Hall–Kier alpha value is -3.47. The van der Waals surface area contributed by atoms with Gasteiger partial charge in [-0.25, -0.2) is 0 Å².